The lowest BCUT2D eigenvalue weighted by Gasteiger charge is -2.36. The number of rotatable bonds is 2. The summed E-state index contributed by atoms with van der Waals surface area (Å²) in [7, 11) is 1.80. The topological polar surface area (TPSA) is 71.3 Å². The molecule has 114 valence electrons. The van der Waals surface area contributed by atoms with Crippen molar-refractivity contribution in [3.63, 3.8) is 0 Å². The Morgan fingerprint density at radius 2 is 2.19 bits per heavy atom. The first-order valence-corrected chi connectivity index (χ1v) is 7.52. The highest BCUT2D eigenvalue weighted by Crippen LogP contribution is 2.25. The van der Waals surface area contributed by atoms with Crippen LogP contribution in [-0.4, -0.2) is 63.1 Å². The lowest BCUT2D eigenvalue weighted by Crippen LogP contribution is -2.47. The largest absolute Gasteiger partial charge is 0.346 e. The molecule has 2 unspecified atom stereocenters. The van der Waals surface area contributed by atoms with Crippen molar-refractivity contribution in [2.75, 3.05) is 26.7 Å². The average Bonchev–Trinajstić information content (AvgIpc) is 3.04. The lowest BCUT2D eigenvalue weighted by atomic mass is 9.93. The number of hydrogen-bond donors (Lipinski definition) is 0. The van der Waals surface area contributed by atoms with Crippen LogP contribution in [0.15, 0.2) is 12.7 Å². The minimum absolute atomic E-state index is 0.0736. The van der Waals surface area contributed by atoms with Crippen LogP contribution < -0.4 is 0 Å². The Morgan fingerprint density at radius 3 is 2.90 bits per heavy atom. The Balaban J connectivity index is 1.63. The molecule has 21 heavy (non-hydrogen) atoms. The Kier molecular flexibility index (Phi) is 3.90. The molecular formula is C14H21N5O2. The first-order valence-electron chi connectivity index (χ1n) is 7.52. The molecule has 2 aliphatic heterocycles. The van der Waals surface area contributed by atoms with Gasteiger partial charge in [-0.2, -0.15) is 5.10 Å². The minimum atomic E-state index is -0.150. The van der Waals surface area contributed by atoms with Crippen molar-refractivity contribution < 1.29 is 9.59 Å². The van der Waals surface area contributed by atoms with Gasteiger partial charge in [-0.25, -0.2) is 9.67 Å². The van der Waals surface area contributed by atoms with E-state index in [1.165, 1.54) is 6.33 Å². The van der Waals surface area contributed by atoms with Crippen molar-refractivity contribution in [1.29, 1.82) is 0 Å². The summed E-state index contributed by atoms with van der Waals surface area (Å²) in [5.74, 6) is 0.0499. The zero-order chi connectivity index (χ0) is 14.8. The fourth-order valence-corrected chi connectivity index (χ4v) is 3.19. The second-order valence-corrected chi connectivity index (χ2v) is 5.96. The molecule has 0 N–H and O–H groups in total. The molecule has 0 bridgehead atoms. The molecule has 7 nitrogen and oxygen atoms in total. The molecule has 2 saturated heterocycles. The van der Waals surface area contributed by atoms with Crippen LogP contribution >= 0.6 is 0 Å². The van der Waals surface area contributed by atoms with Gasteiger partial charge >= 0.3 is 0 Å². The van der Waals surface area contributed by atoms with Gasteiger partial charge in [-0.3, -0.25) is 9.59 Å². The van der Waals surface area contributed by atoms with E-state index in [0.29, 0.717) is 19.5 Å². The second kappa shape index (κ2) is 5.83. The van der Waals surface area contributed by atoms with Gasteiger partial charge in [0.05, 0.1) is 6.04 Å². The van der Waals surface area contributed by atoms with Gasteiger partial charge in [-0.05, 0) is 19.3 Å². The third-order valence-electron chi connectivity index (χ3n) is 4.53. The summed E-state index contributed by atoms with van der Waals surface area (Å²) in [6.07, 6.45) is 6.33. The quantitative estimate of drug-likeness (QED) is 0.786. The van der Waals surface area contributed by atoms with Crippen molar-refractivity contribution in [2.45, 2.75) is 31.7 Å². The highest BCUT2D eigenvalue weighted by atomic mass is 16.2. The van der Waals surface area contributed by atoms with E-state index in [2.05, 4.69) is 10.1 Å². The van der Waals surface area contributed by atoms with E-state index in [4.69, 9.17) is 0 Å². The molecule has 2 atom stereocenters. The molecule has 3 heterocycles. The van der Waals surface area contributed by atoms with Crippen LogP contribution in [0.4, 0.5) is 0 Å². The van der Waals surface area contributed by atoms with Gasteiger partial charge in [-0.1, -0.05) is 0 Å². The number of likely N-dealkylation sites (tertiary alicyclic amines) is 2. The summed E-state index contributed by atoms with van der Waals surface area (Å²) < 4.78 is 1.83. The van der Waals surface area contributed by atoms with Crippen molar-refractivity contribution in [2.24, 2.45) is 5.92 Å². The van der Waals surface area contributed by atoms with E-state index in [9.17, 15) is 9.59 Å². The maximum atomic E-state index is 12.6. The van der Waals surface area contributed by atoms with E-state index in [1.54, 1.807) is 18.3 Å². The SMILES string of the molecule is CN1CCC(C(=O)N2CCCC(n3cncn3)C2)CC1=O. The number of hydrogen-bond acceptors (Lipinski definition) is 4. The monoisotopic (exact) mass is 291 g/mol. The number of amides is 2. The summed E-state index contributed by atoms with van der Waals surface area (Å²) in [4.78, 5) is 32.0. The maximum absolute atomic E-state index is 12.6. The Morgan fingerprint density at radius 1 is 1.33 bits per heavy atom. The highest BCUT2D eigenvalue weighted by molar-refractivity contribution is 5.87. The molecule has 7 heteroatoms. The molecule has 0 aliphatic carbocycles. The normalized spacial score (nSPS) is 27.0. The lowest BCUT2D eigenvalue weighted by molar-refractivity contribution is -0.145. The van der Waals surface area contributed by atoms with Crippen LogP contribution in [0, 0.1) is 5.92 Å². The zero-order valence-corrected chi connectivity index (χ0v) is 12.3. The van der Waals surface area contributed by atoms with E-state index >= 15 is 0 Å². The molecule has 3 rings (SSSR count). The van der Waals surface area contributed by atoms with Crippen LogP contribution in [0.3, 0.4) is 0 Å². The van der Waals surface area contributed by atoms with Crippen LogP contribution in [0.5, 0.6) is 0 Å². The zero-order valence-electron chi connectivity index (χ0n) is 12.3. The fourth-order valence-electron chi connectivity index (χ4n) is 3.19. The van der Waals surface area contributed by atoms with Gasteiger partial charge in [0.25, 0.3) is 0 Å². The number of nitrogens with zero attached hydrogens (tertiary/aromatic N) is 5. The summed E-state index contributed by atoms with van der Waals surface area (Å²) in [6.45, 7) is 2.13. The van der Waals surface area contributed by atoms with Crippen LogP contribution in [0.25, 0.3) is 0 Å². The second-order valence-electron chi connectivity index (χ2n) is 5.96. The van der Waals surface area contributed by atoms with Crippen molar-refractivity contribution >= 4 is 11.8 Å². The Hall–Kier alpha value is -1.92. The number of aromatic nitrogens is 3. The van der Waals surface area contributed by atoms with E-state index in [1.807, 2.05) is 9.58 Å². The van der Waals surface area contributed by atoms with E-state index in [0.717, 1.165) is 25.8 Å². The van der Waals surface area contributed by atoms with Gasteiger partial charge in [0.2, 0.25) is 11.8 Å². The molecule has 0 aromatic carbocycles. The van der Waals surface area contributed by atoms with Crippen LogP contribution in [0.1, 0.15) is 31.7 Å². The van der Waals surface area contributed by atoms with Crippen LogP contribution in [0.2, 0.25) is 0 Å². The molecule has 0 spiro atoms. The molecule has 0 saturated carbocycles. The number of piperidine rings is 2. The van der Waals surface area contributed by atoms with Crippen molar-refractivity contribution in [3.05, 3.63) is 12.7 Å². The summed E-state index contributed by atoms with van der Waals surface area (Å²) >= 11 is 0. The maximum Gasteiger partial charge on any atom is 0.226 e. The van der Waals surface area contributed by atoms with Crippen LogP contribution in [-0.2, 0) is 9.59 Å². The summed E-state index contributed by atoms with van der Waals surface area (Å²) in [5, 5.41) is 4.17. The molecule has 0 radical (unpaired) electrons. The van der Waals surface area contributed by atoms with E-state index in [-0.39, 0.29) is 23.8 Å². The third-order valence-corrected chi connectivity index (χ3v) is 4.53. The van der Waals surface area contributed by atoms with Gasteiger partial charge in [0.1, 0.15) is 12.7 Å². The molecule has 2 fully saturated rings. The van der Waals surface area contributed by atoms with Crippen molar-refractivity contribution in [3.8, 4) is 0 Å². The first-order chi connectivity index (χ1) is 10.1. The molecular weight excluding hydrogens is 270 g/mol. The predicted octanol–water partition coefficient (Wildman–Crippen LogP) is 0.310. The number of carbonyl (C=O) groups excluding carboxylic acids is 2. The fraction of sp³-hybridized carbons (Fsp3) is 0.714. The first kappa shape index (κ1) is 14.0. The number of carbonyl (C=O) groups is 2. The van der Waals surface area contributed by atoms with Gasteiger partial charge < -0.3 is 9.80 Å². The Labute approximate surface area is 123 Å². The molecule has 2 amide bonds. The standard InChI is InChI=1S/C14H21N5O2/c1-17-6-4-11(7-13(17)20)14(21)18-5-2-3-12(8-18)19-10-15-9-16-19/h9-12H,2-8H2,1H3. The molecule has 1 aromatic rings. The minimum Gasteiger partial charge on any atom is -0.346 e. The summed E-state index contributed by atoms with van der Waals surface area (Å²) in [5.41, 5.74) is 0. The molecule has 1 aromatic heterocycles. The van der Waals surface area contributed by atoms with Crippen molar-refractivity contribution in [1.82, 2.24) is 24.6 Å². The van der Waals surface area contributed by atoms with Gasteiger partial charge in [0.15, 0.2) is 0 Å². The summed E-state index contributed by atoms with van der Waals surface area (Å²) in [6, 6.07) is 0.201. The Bertz CT molecular complexity index is 515. The average molecular weight is 291 g/mol. The van der Waals surface area contributed by atoms with E-state index < -0.39 is 0 Å². The van der Waals surface area contributed by atoms with Gasteiger partial charge in [-0.15, -0.1) is 0 Å². The third kappa shape index (κ3) is 2.91. The van der Waals surface area contributed by atoms with Gasteiger partial charge in [0, 0.05) is 39.0 Å². The molecule has 2 aliphatic rings. The smallest absolute Gasteiger partial charge is 0.226 e. The highest BCUT2D eigenvalue weighted by Gasteiger charge is 2.34. The predicted molar refractivity (Wildman–Crippen MR) is 75.2 cm³/mol.